The molecule has 5 heteroatoms. The lowest BCUT2D eigenvalue weighted by Gasteiger charge is -2.27. The van der Waals surface area contributed by atoms with Gasteiger partial charge < -0.3 is 10.2 Å². The molecule has 0 spiro atoms. The Bertz CT molecular complexity index is 634. The van der Waals surface area contributed by atoms with Crippen LogP contribution >= 0.6 is 11.3 Å². The maximum Gasteiger partial charge on any atom is 0.141 e. The molecule has 4 nitrogen and oxygen atoms in total. The van der Waals surface area contributed by atoms with E-state index in [2.05, 4.69) is 47.9 Å². The van der Waals surface area contributed by atoms with Gasteiger partial charge in [-0.1, -0.05) is 13.8 Å². The fourth-order valence-electron chi connectivity index (χ4n) is 3.08. The molecular weight excluding hydrogens is 280 g/mol. The van der Waals surface area contributed by atoms with Crippen molar-refractivity contribution in [2.45, 2.75) is 52.6 Å². The summed E-state index contributed by atoms with van der Waals surface area (Å²) < 4.78 is 0. The van der Waals surface area contributed by atoms with Crippen molar-refractivity contribution in [2.75, 3.05) is 18.0 Å². The quantitative estimate of drug-likeness (QED) is 0.941. The summed E-state index contributed by atoms with van der Waals surface area (Å²) in [5.74, 6) is 1.13. The maximum atomic E-state index is 4.63. The minimum Gasteiger partial charge on any atom is -0.352 e. The molecule has 1 fully saturated rings. The van der Waals surface area contributed by atoms with Crippen LogP contribution in [0, 0.1) is 13.8 Å². The number of nitrogens with one attached hydrogen (secondary N) is 1. The van der Waals surface area contributed by atoms with E-state index in [4.69, 9.17) is 0 Å². The monoisotopic (exact) mass is 304 g/mol. The largest absolute Gasteiger partial charge is 0.352 e. The Morgan fingerprint density at radius 2 is 2.19 bits per heavy atom. The number of anilines is 1. The average molecular weight is 304 g/mol. The molecule has 2 aromatic heterocycles. The zero-order valence-electron chi connectivity index (χ0n) is 13.3. The number of hydrogen-bond acceptors (Lipinski definition) is 5. The van der Waals surface area contributed by atoms with Crippen molar-refractivity contribution >= 4 is 27.4 Å². The first kappa shape index (κ1) is 14.7. The second-order valence-corrected chi connectivity index (χ2v) is 7.42. The summed E-state index contributed by atoms with van der Waals surface area (Å²) in [7, 11) is 0. The lowest BCUT2D eigenvalue weighted by atomic mass is 10.1. The van der Waals surface area contributed by atoms with Crippen LogP contribution in [0.5, 0.6) is 0 Å². The van der Waals surface area contributed by atoms with E-state index in [9.17, 15) is 0 Å². The molecule has 1 saturated heterocycles. The summed E-state index contributed by atoms with van der Waals surface area (Å²) >= 11 is 1.78. The third-order valence-corrected chi connectivity index (χ3v) is 5.47. The summed E-state index contributed by atoms with van der Waals surface area (Å²) in [6, 6.07) is 1.08. The Balaban J connectivity index is 1.95. The number of nitrogens with zero attached hydrogens (tertiary/aromatic N) is 3. The highest BCUT2D eigenvalue weighted by Crippen LogP contribution is 2.36. The minimum absolute atomic E-state index is 0.531. The number of fused-ring (bicyclic) bond motifs is 1. The predicted octanol–water partition coefficient (Wildman–Crippen LogP) is 3.27. The van der Waals surface area contributed by atoms with Gasteiger partial charge in [0.15, 0.2) is 0 Å². The van der Waals surface area contributed by atoms with Crippen LogP contribution in [0.15, 0.2) is 6.33 Å². The summed E-state index contributed by atoms with van der Waals surface area (Å²) in [4.78, 5) is 14.1. The van der Waals surface area contributed by atoms with E-state index in [1.54, 1.807) is 17.7 Å². The van der Waals surface area contributed by atoms with Gasteiger partial charge >= 0.3 is 0 Å². The molecule has 1 aliphatic rings. The molecule has 2 aromatic rings. The molecule has 1 atom stereocenters. The van der Waals surface area contributed by atoms with Crippen LogP contribution in [-0.2, 0) is 0 Å². The first-order chi connectivity index (χ1) is 10.1. The summed E-state index contributed by atoms with van der Waals surface area (Å²) in [5, 5.41) is 4.83. The Hall–Kier alpha value is -1.20. The van der Waals surface area contributed by atoms with Gasteiger partial charge in [-0.2, -0.15) is 0 Å². The van der Waals surface area contributed by atoms with Crippen molar-refractivity contribution in [3.05, 3.63) is 16.8 Å². The summed E-state index contributed by atoms with van der Waals surface area (Å²) in [6.07, 6.45) is 4.21. The van der Waals surface area contributed by atoms with Gasteiger partial charge in [0.1, 0.15) is 17.0 Å². The highest BCUT2D eigenvalue weighted by atomic mass is 32.1. The molecule has 1 N–H and O–H groups in total. The number of aromatic nitrogens is 2. The second-order valence-electron chi connectivity index (χ2n) is 6.21. The van der Waals surface area contributed by atoms with Crippen LogP contribution in [-0.4, -0.2) is 35.1 Å². The molecule has 21 heavy (non-hydrogen) atoms. The fraction of sp³-hybridized carbons (Fsp3) is 0.625. The van der Waals surface area contributed by atoms with E-state index in [-0.39, 0.29) is 0 Å². The molecule has 114 valence electrons. The van der Waals surface area contributed by atoms with Gasteiger partial charge in [-0.25, -0.2) is 9.97 Å². The third kappa shape index (κ3) is 2.77. The SMILES string of the molecule is Cc1sc2ncnc(N3CCCC3CNC(C)C)c2c1C. The normalized spacial score (nSPS) is 19.1. The van der Waals surface area contributed by atoms with Gasteiger partial charge in [0.25, 0.3) is 0 Å². The molecule has 0 radical (unpaired) electrons. The molecule has 3 rings (SSSR count). The number of thiophene rings is 1. The van der Waals surface area contributed by atoms with Crippen LogP contribution in [0.25, 0.3) is 10.2 Å². The topological polar surface area (TPSA) is 41.1 Å². The zero-order valence-corrected chi connectivity index (χ0v) is 14.1. The van der Waals surface area contributed by atoms with Crippen LogP contribution < -0.4 is 10.2 Å². The first-order valence-electron chi connectivity index (χ1n) is 7.78. The first-order valence-corrected chi connectivity index (χ1v) is 8.60. The molecule has 0 amide bonds. The van der Waals surface area contributed by atoms with E-state index < -0.39 is 0 Å². The van der Waals surface area contributed by atoms with Crippen molar-refractivity contribution in [1.29, 1.82) is 0 Å². The Kier molecular flexibility index (Phi) is 4.13. The van der Waals surface area contributed by atoms with Gasteiger partial charge in [-0.3, -0.25) is 0 Å². The highest BCUT2D eigenvalue weighted by Gasteiger charge is 2.28. The van der Waals surface area contributed by atoms with Crippen LogP contribution in [0.3, 0.4) is 0 Å². The van der Waals surface area contributed by atoms with Gasteiger partial charge in [0.2, 0.25) is 0 Å². The smallest absolute Gasteiger partial charge is 0.141 e. The molecule has 0 bridgehead atoms. The maximum absolute atomic E-state index is 4.63. The van der Waals surface area contributed by atoms with E-state index in [0.29, 0.717) is 12.1 Å². The summed E-state index contributed by atoms with van der Waals surface area (Å²) in [6.45, 7) is 10.9. The number of hydrogen-bond donors (Lipinski definition) is 1. The van der Waals surface area contributed by atoms with Gasteiger partial charge in [-0.15, -0.1) is 11.3 Å². The van der Waals surface area contributed by atoms with Crippen LogP contribution in [0.1, 0.15) is 37.1 Å². The molecule has 0 aromatic carbocycles. The lowest BCUT2D eigenvalue weighted by Crippen LogP contribution is -2.40. The number of aryl methyl sites for hydroxylation is 2. The van der Waals surface area contributed by atoms with E-state index in [1.807, 2.05) is 0 Å². The van der Waals surface area contributed by atoms with Crippen molar-refractivity contribution < 1.29 is 0 Å². The van der Waals surface area contributed by atoms with Crippen molar-refractivity contribution in [3.8, 4) is 0 Å². The molecular formula is C16H24N4S. The third-order valence-electron chi connectivity index (χ3n) is 4.36. The van der Waals surface area contributed by atoms with Gasteiger partial charge in [-0.05, 0) is 32.3 Å². The van der Waals surface area contributed by atoms with Crippen LogP contribution in [0.4, 0.5) is 5.82 Å². The van der Waals surface area contributed by atoms with Crippen molar-refractivity contribution in [3.63, 3.8) is 0 Å². The fourth-order valence-corrected chi connectivity index (χ4v) is 4.07. The summed E-state index contributed by atoms with van der Waals surface area (Å²) in [5.41, 5.74) is 1.34. The van der Waals surface area contributed by atoms with E-state index >= 15 is 0 Å². The Labute approximate surface area is 130 Å². The van der Waals surface area contributed by atoms with E-state index in [1.165, 1.54) is 28.7 Å². The molecule has 0 saturated carbocycles. The van der Waals surface area contributed by atoms with E-state index in [0.717, 1.165) is 23.7 Å². The van der Waals surface area contributed by atoms with Crippen LogP contribution in [0.2, 0.25) is 0 Å². The standard InChI is InChI=1S/C16H24N4S/c1-10(2)17-8-13-6-5-7-20(13)15-14-11(3)12(4)21-16(14)19-9-18-15/h9-10,13,17H,5-8H2,1-4H3. The molecule has 1 aliphatic heterocycles. The lowest BCUT2D eigenvalue weighted by molar-refractivity contribution is 0.523. The Morgan fingerprint density at radius 3 is 2.95 bits per heavy atom. The predicted molar refractivity (Wildman–Crippen MR) is 90.4 cm³/mol. The molecule has 0 aliphatic carbocycles. The zero-order chi connectivity index (χ0) is 15.0. The molecule has 3 heterocycles. The van der Waals surface area contributed by atoms with Gasteiger partial charge in [0, 0.05) is 30.1 Å². The Morgan fingerprint density at radius 1 is 1.38 bits per heavy atom. The van der Waals surface area contributed by atoms with Gasteiger partial charge in [0.05, 0.1) is 5.39 Å². The number of rotatable bonds is 4. The average Bonchev–Trinajstić information content (AvgIpc) is 3.02. The second kappa shape index (κ2) is 5.89. The highest BCUT2D eigenvalue weighted by molar-refractivity contribution is 7.18. The van der Waals surface area contributed by atoms with Crippen molar-refractivity contribution in [1.82, 2.24) is 15.3 Å². The van der Waals surface area contributed by atoms with Crippen molar-refractivity contribution in [2.24, 2.45) is 0 Å². The minimum atomic E-state index is 0.531. The molecule has 1 unspecified atom stereocenters.